The van der Waals surface area contributed by atoms with E-state index in [1.54, 1.807) is 17.2 Å². The van der Waals surface area contributed by atoms with Gasteiger partial charge in [0.25, 0.3) is 0 Å². The Bertz CT molecular complexity index is 875. The number of nitrogens with zero attached hydrogens (tertiary/aromatic N) is 6. The van der Waals surface area contributed by atoms with E-state index in [9.17, 15) is 0 Å². The van der Waals surface area contributed by atoms with Gasteiger partial charge in [-0.3, -0.25) is 0 Å². The van der Waals surface area contributed by atoms with Crippen molar-refractivity contribution < 1.29 is 0 Å². The van der Waals surface area contributed by atoms with Crippen LogP contribution in [0.2, 0.25) is 0 Å². The second-order valence-corrected chi connectivity index (χ2v) is 6.20. The van der Waals surface area contributed by atoms with Crippen molar-refractivity contribution >= 4 is 5.82 Å². The summed E-state index contributed by atoms with van der Waals surface area (Å²) >= 11 is 0. The summed E-state index contributed by atoms with van der Waals surface area (Å²) in [5, 5.41) is 11.1. The van der Waals surface area contributed by atoms with Gasteiger partial charge in [-0.1, -0.05) is 13.0 Å². The highest BCUT2D eigenvalue weighted by molar-refractivity contribution is 5.49. The fraction of sp³-hybridized carbons (Fsp3) is 0.389. The number of hydrogen-bond donors (Lipinski definition) is 2. The lowest BCUT2D eigenvalue weighted by Gasteiger charge is -2.15. The van der Waals surface area contributed by atoms with E-state index in [1.807, 2.05) is 12.1 Å². The van der Waals surface area contributed by atoms with Crippen LogP contribution in [0.1, 0.15) is 29.6 Å². The Morgan fingerprint density at radius 2 is 2.15 bits per heavy atom. The summed E-state index contributed by atoms with van der Waals surface area (Å²) in [6.45, 7) is 4.62. The lowest BCUT2D eigenvalue weighted by molar-refractivity contribution is 0.708. The maximum absolute atomic E-state index is 4.75. The van der Waals surface area contributed by atoms with E-state index in [1.165, 1.54) is 11.9 Å². The van der Waals surface area contributed by atoms with Crippen molar-refractivity contribution in [1.82, 2.24) is 35.0 Å². The van der Waals surface area contributed by atoms with Crippen LogP contribution in [-0.4, -0.2) is 42.8 Å². The second-order valence-electron chi connectivity index (χ2n) is 6.20. The summed E-state index contributed by atoms with van der Waals surface area (Å²) in [7, 11) is 0. The first-order chi connectivity index (χ1) is 12.8. The first-order valence-electron chi connectivity index (χ1n) is 8.97. The third-order valence-electron chi connectivity index (χ3n) is 4.50. The van der Waals surface area contributed by atoms with Gasteiger partial charge in [0.2, 0.25) is 0 Å². The lowest BCUT2D eigenvalue weighted by atomic mass is 10.1. The topological polar surface area (TPSA) is 93.4 Å². The van der Waals surface area contributed by atoms with Gasteiger partial charge < -0.3 is 10.6 Å². The van der Waals surface area contributed by atoms with E-state index in [-0.39, 0.29) is 0 Å². The third kappa shape index (κ3) is 3.41. The van der Waals surface area contributed by atoms with E-state index >= 15 is 0 Å². The fourth-order valence-electron chi connectivity index (χ4n) is 3.17. The van der Waals surface area contributed by atoms with Crippen molar-refractivity contribution in [1.29, 1.82) is 0 Å². The Hall–Kier alpha value is -2.87. The van der Waals surface area contributed by atoms with Gasteiger partial charge in [-0.25, -0.2) is 24.6 Å². The molecule has 134 valence electrons. The van der Waals surface area contributed by atoms with Gasteiger partial charge in [-0.05, 0) is 19.0 Å². The molecule has 0 fully saturated rings. The number of anilines is 1. The van der Waals surface area contributed by atoms with Crippen LogP contribution >= 0.6 is 0 Å². The molecule has 4 heterocycles. The number of pyridine rings is 1. The molecule has 0 bridgehead atoms. The van der Waals surface area contributed by atoms with E-state index in [0.29, 0.717) is 6.54 Å². The van der Waals surface area contributed by atoms with Gasteiger partial charge >= 0.3 is 0 Å². The van der Waals surface area contributed by atoms with Crippen molar-refractivity contribution in [3.8, 4) is 5.82 Å². The monoisotopic (exact) mass is 350 g/mol. The Balaban J connectivity index is 1.63. The Labute approximate surface area is 152 Å². The number of aromatic nitrogens is 6. The van der Waals surface area contributed by atoms with Crippen molar-refractivity contribution in [3.63, 3.8) is 0 Å². The number of rotatable bonds is 5. The summed E-state index contributed by atoms with van der Waals surface area (Å²) in [6.07, 6.45) is 7.63. The van der Waals surface area contributed by atoms with Crippen molar-refractivity contribution in [2.24, 2.45) is 0 Å². The van der Waals surface area contributed by atoms with Crippen LogP contribution in [0.15, 0.2) is 31.0 Å². The Kier molecular flexibility index (Phi) is 4.83. The number of hydrogen-bond acceptors (Lipinski definition) is 7. The molecule has 0 amide bonds. The number of nitrogens with one attached hydrogen (secondary N) is 2. The highest BCUT2D eigenvalue weighted by atomic mass is 15.3. The van der Waals surface area contributed by atoms with Crippen LogP contribution in [0.4, 0.5) is 5.82 Å². The van der Waals surface area contributed by atoms with E-state index in [2.05, 4.69) is 32.6 Å². The minimum absolute atomic E-state index is 0.614. The molecule has 0 aliphatic carbocycles. The molecule has 0 aromatic carbocycles. The lowest BCUT2D eigenvalue weighted by Crippen LogP contribution is -2.16. The molecule has 1 aliphatic rings. The zero-order valence-electron chi connectivity index (χ0n) is 14.8. The molecule has 4 rings (SSSR count). The summed E-state index contributed by atoms with van der Waals surface area (Å²) in [5.41, 5.74) is 3.42. The predicted molar refractivity (Wildman–Crippen MR) is 98.2 cm³/mol. The number of aryl methyl sites for hydroxylation is 1. The molecule has 0 saturated heterocycles. The molecule has 0 saturated carbocycles. The van der Waals surface area contributed by atoms with Gasteiger partial charge in [0.05, 0.1) is 5.69 Å². The molecular formula is C18H22N8. The normalized spacial score (nSPS) is 13.9. The molecule has 0 spiro atoms. The standard InChI is InChI=1S/C18H22N8/c1-2-16-24-15-6-9-19-8-5-14(15)17(25-16)22-10-13-4-3-7-21-18(13)26-12-20-11-23-26/h3-4,7,11-12,19H,2,5-6,8-10H2,1H3,(H,22,24,25). The molecule has 8 nitrogen and oxygen atoms in total. The van der Waals surface area contributed by atoms with Crippen LogP contribution in [0.5, 0.6) is 0 Å². The Morgan fingerprint density at radius 3 is 3.00 bits per heavy atom. The minimum Gasteiger partial charge on any atom is -0.366 e. The molecular weight excluding hydrogens is 328 g/mol. The van der Waals surface area contributed by atoms with E-state index in [4.69, 9.17) is 9.97 Å². The molecule has 8 heteroatoms. The SMILES string of the molecule is CCc1nc2c(c(NCc3cccnc3-n3cncn3)n1)CCNCC2. The van der Waals surface area contributed by atoms with Crippen molar-refractivity contribution in [3.05, 3.63) is 53.6 Å². The molecule has 2 N–H and O–H groups in total. The molecule has 26 heavy (non-hydrogen) atoms. The Morgan fingerprint density at radius 1 is 1.23 bits per heavy atom. The zero-order chi connectivity index (χ0) is 17.8. The van der Waals surface area contributed by atoms with Crippen LogP contribution in [-0.2, 0) is 25.8 Å². The first kappa shape index (κ1) is 16.6. The van der Waals surface area contributed by atoms with Crippen molar-refractivity contribution in [2.45, 2.75) is 32.7 Å². The average molecular weight is 350 g/mol. The van der Waals surface area contributed by atoms with Crippen LogP contribution in [0.25, 0.3) is 5.82 Å². The molecule has 1 aliphatic heterocycles. The highest BCUT2D eigenvalue weighted by Gasteiger charge is 2.16. The zero-order valence-corrected chi connectivity index (χ0v) is 14.8. The molecule has 0 radical (unpaired) electrons. The quantitative estimate of drug-likeness (QED) is 0.717. The van der Waals surface area contributed by atoms with Gasteiger partial charge in [0.15, 0.2) is 5.82 Å². The van der Waals surface area contributed by atoms with E-state index in [0.717, 1.165) is 61.1 Å². The first-order valence-corrected chi connectivity index (χ1v) is 8.97. The van der Waals surface area contributed by atoms with Gasteiger partial charge in [-0.15, -0.1) is 0 Å². The average Bonchev–Trinajstić information content (AvgIpc) is 3.11. The summed E-state index contributed by atoms with van der Waals surface area (Å²) in [4.78, 5) is 17.9. The summed E-state index contributed by atoms with van der Waals surface area (Å²) in [5.74, 6) is 2.59. The molecule has 3 aromatic heterocycles. The van der Waals surface area contributed by atoms with Crippen LogP contribution in [0.3, 0.4) is 0 Å². The second kappa shape index (κ2) is 7.57. The predicted octanol–water partition coefficient (Wildman–Crippen LogP) is 1.31. The minimum atomic E-state index is 0.614. The third-order valence-corrected chi connectivity index (χ3v) is 4.50. The summed E-state index contributed by atoms with van der Waals surface area (Å²) in [6, 6.07) is 3.97. The smallest absolute Gasteiger partial charge is 0.160 e. The molecule has 3 aromatic rings. The highest BCUT2D eigenvalue weighted by Crippen LogP contribution is 2.21. The van der Waals surface area contributed by atoms with Gasteiger partial charge in [0, 0.05) is 43.3 Å². The van der Waals surface area contributed by atoms with Gasteiger partial charge in [0.1, 0.15) is 24.3 Å². The van der Waals surface area contributed by atoms with Crippen LogP contribution < -0.4 is 10.6 Å². The maximum atomic E-state index is 4.75. The molecule has 0 unspecified atom stereocenters. The maximum Gasteiger partial charge on any atom is 0.160 e. The summed E-state index contributed by atoms with van der Waals surface area (Å²) < 4.78 is 1.68. The molecule has 0 atom stereocenters. The largest absolute Gasteiger partial charge is 0.366 e. The van der Waals surface area contributed by atoms with Crippen molar-refractivity contribution in [2.75, 3.05) is 18.4 Å². The van der Waals surface area contributed by atoms with E-state index < -0.39 is 0 Å². The van der Waals surface area contributed by atoms with Crippen LogP contribution in [0, 0.1) is 0 Å². The fourth-order valence-corrected chi connectivity index (χ4v) is 3.17. The number of fused-ring (bicyclic) bond motifs is 1. The van der Waals surface area contributed by atoms with Gasteiger partial charge in [-0.2, -0.15) is 5.10 Å².